The lowest BCUT2D eigenvalue weighted by molar-refractivity contribution is 0.0531. The van der Waals surface area contributed by atoms with Gasteiger partial charge in [0.2, 0.25) is 0 Å². The summed E-state index contributed by atoms with van der Waals surface area (Å²) in [6, 6.07) is 9.94. The predicted octanol–water partition coefficient (Wildman–Crippen LogP) is 4.47. The minimum Gasteiger partial charge on any atom is -0.462 e. The molecule has 6 nitrogen and oxygen atoms in total. The van der Waals surface area contributed by atoms with Crippen LogP contribution in [0.3, 0.4) is 0 Å². The quantitative estimate of drug-likeness (QED) is 0.539. The summed E-state index contributed by atoms with van der Waals surface area (Å²) in [7, 11) is 0. The van der Waals surface area contributed by atoms with Gasteiger partial charge in [0.1, 0.15) is 21.9 Å². The van der Waals surface area contributed by atoms with Crippen LogP contribution in [0.25, 0.3) is 21.1 Å². The Bertz CT molecular complexity index is 1120. The highest BCUT2D eigenvalue weighted by atomic mass is 32.1. The second-order valence-corrected chi connectivity index (χ2v) is 6.72. The number of esters is 1. The highest BCUT2D eigenvalue weighted by Gasteiger charge is 2.20. The molecule has 0 spiro atoms. The van der Waals surface area contributed by atoms with E-state index in [4.69, 9.17) is 4.74 Å². The third-order valence-corrected chi connectivity index (χ3v) is 5.22. The summed E-state index contributed by atoms with van der Waals surface area (Å²) in [4.78, 5) is 26.6. The Morgan fingerprint density at radius 3 is 2.92 bits per heavy atom. The van der Waals surface area contributed by atoms with Crippen molar-refractivity contribution in [2.75, 3.05) is 11.9 Å². The first-order valence-electron chi connectivity index (χ1n) is 8.20. The van der Waals surface area contributed by atoms with Crippen LogP contribution < -0.4 is 5.32 Å². The van der Waals surface area contributed by atoms with E-state index in [0.717, 1.165) is 32.4 Å². The number of fused-ring (bicyclic) bond motifs is 2. The first kappa shape index (κ1) is 16.4. The number of ether oxygens (including phenoxy) is 1. The van der Waals surface area contributed by atoms with Gasteiger partial charge in [0.25, 0.3) is 0 Å². The number of pyridine rings is 1. The minimum absolute atomic E-state index is 0.327. The van der Waals surface area contributed by atoms with E-state index in [2.05, 4.69) is 20.3 Å². The van der Waals surface area contributed by atoms with Crippen LogP contribution in [-0.4, -0.2) is 27.5 Å². The standard InChI is InChI=1S/C19H16N4O2S/c1-3-25-19(24)16-11(2)15-17(21-10-22-18(15)26-16)23-13-8-12-6-4-5-7-14(12)20-9-13/h4-10H,3H2,1-2H3,(H,21,22,23). The van der Waals surface area contributed by atoms with E-state index in [1.54, 1.807) is 13.1 Å². The molecule has 0 bridgehead atoms. The normalized spacial score (nSPS) is 11.0. The number of anilines is 2. The maximum atomic E-state index is 12.2. The summed E-state index contributed by atoms with van der Waals surface area (Å²) in [5.74, 6) is 0.322. The van der Waals surface area contributed by atoms with Crippen molar-refractivity contribution in [3.05, 3.63) is 53.3 Å². The Hall–Kier alpha value is -3.06. The van der Waals surface area contributed by atoms with Gasteiger partial charge in [-0.3, -0.25) is 4.98 Å². The summed E-state index contributed by atoms with van der Waals surface area (Å²) < 4.78 is 5.14. The fraction of sp³-hybridized carbons (Fsp3) is 0.158. The van der Waals surface area contributed by atoms with Crippen molar-refractivity contribution in [2.45, 2.75) is 13.8 Å². The summed E-state index contributed by atoms with van der Waals surface area (Å²) in [5.41, 5.74) is 2.58. The van der Waals surface area contributed by atoms with E-state index < -0.39 is 0 Å². The number of thiophene rings is 1. The van der Waals surface area contributed by atoms with Gasteiger partial charge in [0, 0.05) is 5.39 Å². The molecule has 0 atom stereocenters. The number of carbonyl (C=O) groups excluding carboxylic acids is 1. The third-order valence-electron chi connectivity index (χ3n) is 4.04. The molecule has 0 aliphatic carbocycles. The lowest BCUT2D eigenvalue weighted by Gasteiger charge is -2.08. The van der Waals surface area contributed by atoms with Crippen LogP contribution in [0.2, 0.25) is 0 Å². The third kappa shape index (κ3) is 2.86. The molecule has 0 fully saturated rings. The van der Waals surface area contributed by atoms with E-state index in [0.29, 0.717) is 17.3 Å². The van der Waals surface area contributed by atoms with Crippen LogP contribution in [0.4, 0.5) is 11.5 Å². The van der Waals surface area contributed by atoms with Crippen molar-refractivity contribution >= 4 is 49.9 Å². The van der Waals surface area contributed by atoms with Crippen molar-refractivity contribution in [3.63, 3.8) is 0 Å². The van der Waals surface area contributed by atoms with Gasteiger partial charge >= 0.3 is 5.97 Å². The van der Waals surface area contributed by atoms with E-state index in [9.17, 15) is 4.79 Å². The number of rotatable bonds is 4. The SMILES string of the molecule is CCOC(=O)c1sc2ncnc(Nc3cnc4ccccc4c3)c2c1C. The molecule has 0 saturated carbocycles. The molecule has 130 valence electrons. The molecule has 0 radical (unpaired) electrons. The van der Waals surface area contributed by atoms with Crippen molar-refractivity contribution in [3.8, 4) is 0 Å². The van der Waals surface area contributed by atoms with Crippen LogP contribution in [0.5, 0.6) is 0 Å². The van der Waals surface area contributed by atoms with Crippen LogP contribution in [0.15, 0.2) is 42.9 Å². The van der Waals surface area contributed by atoms with Gasteiger partial charge in [-0.15, -0.1) is 11.3 Å². The molecule has 1 N–H and O–H groups in total. The summed E-state index contributed by atoms with van der Waals surface area (Å²) in [5, 5.41) is 5.17. The Kier molecular flexibility index (Phi) is 4.22. The Morgan fingerprint density at radius 2 is 2.08 bits per heavy atom. The second-order valence-electron chi connectivity index (χ2n) is 5.72. The lowest BCUT2D eigenvalue weighted by Crippen LogP contribution is -2.03. The number of benzene rings is 1. The molecule has 0 aliphatic heterocycles. The molecule has 0 aliphatic rings. The molecule has 1 aromatic carbocycles. The van der Waals surface area contributed by atoms with E-state index in [1.165, 1.54) is 17.7 Å². The topological polar surface area (TPSA) is 77.0 Å². The van der Waals surface area contributed by atoms with E-state index in [1.807, 2.05) is 37.3 Å². The maximum Gasteiger partial charge on any atom is 0.348 e. The van der Waals surface area contributed by atoms with Crippen molar-refractivity contribution in [1.29, 1.82) is 0 Å². The monoisotopic (exact) mass is 364 g/mol. The Balaban J connectivity index is 1.77. The molecule has 3 heterocycles. The van der Waals surface area contributed by atoms with Gasteiger partial charge in [-0.1, -0.05) is 18.2 Å². The number of hydrogen-bond acceptors (Lipinski definition) is 7. The van der Waals surface area contributed by atoms with Crippen molar-refractivity contribution < 1.29 is 9.53 Å². The van der Waals surface area contributed by atoms with E-state index >= 15 is 0 Å². The van der Waals surface area contributed by atoms with Crippen LogP contribution in [-0.2, 0) is 4.74 Å². The number of aryl methyl sites for hydroxylation is 1. The number of aromatic nitrogens is 3. The molecular weight excluding hydrogens is 348 g/mol. The second kappa shape index (κ2) is 6.68. The van der Waals surface area contributed by atoms with Crippen LogP contribution in [0, 0.1) is 6.92 Å². The lowest BCUT2D eigenvalue weighted by atomic mass is 10.2. The molecule has 0 saturated heterocycles. The zero-order valence-electron chi connectivity index (χ0n) is 14.3. The fourth-order valence-electron chi connectivity index (χ4n) is 2.83. The highest BCUT2D eigenvalue weighted by Crippen LogP contribution is 2.35. The number of nitrogens with one attached hydrogen (secondary N) is 1. The number of nitrogens with zero attached hydrogens (tertiary/aromatic N) is 3. The Labute approximate surface area is 153 Å². The van der Waals surface area contributed by atoms with Gasteiger partial charge < -0.3 is 10.1 Å². The average molecular weight is 364 g/mol. The van der Waals surface area contributed by atoms with E-state index in [-0.39, 0.29) is 5.97 Å². The zero-order chi connectivity index (χ0) is 18.1. The highest BCUT2D eigenvalue weighted by molar-refractivity contribution is 7.20. The zero-order valence-corrected chi connectivity index (χ0v) is 15.1. The van der Waals surface area contributed by atoms with Crippen molar-refractivity contribution in [1.82, 2.24) is 15.0 Å². The van der Waals surface area contributed by atoms with Crippen LogP contribution in [0.1, 0.15) is 22.2 Å². The molecule has 26 heavy (non-hydrogen) atoms. The predicted molar refractivity (Wildman–Crippen MR) is 103 cm³/mol. The first-order valence-corrected chi connectivity index (χ1v) is 9.02. The molecule has 4 aromatic rings. The largest absolute Gasteiger partial charge is 0.462 e. The minimum atomic E-state index is -0.327. The fourth-order valence-corrected chi connectivity index (χ4v) is 3.88. The van der Waals surface area contributed by atoms with Gasteiger partial charge in [-0.25, -0.2) is 14.8 Å². The molecule has 7 heteroatoms. The number of hydrogen-bond donors (Lipinski definition) is 1. The molecule has 4 rings (SSSR count). The summed E-state index contributed by atoms with van der Waals surface area (Å²) in [6.07, 6.45) is 3.26. The van der Waals surface area contributed by atoms with Gasteiger partial charge in [-0.2, -0.15) is 0 Å². The number of para-hydroxylation sites is 1. The molecule has 0 amide bonds. The van der Waals surface area contributed by atoms with Gasteiger partial charge in [-0.05, 0) is 31.5 Å². The first-order chi connectivity index (χ1) is 12.7. The smallest absolute Gasteiger partial charge is 0.348 e. The summed E-state index contributed by atoms with van der Waals surface area (Å²) >= 11 is 1.32. The summed E-state index contributed by atoms with van der Waals surface area (Å²) in [6.45, 7) is 4.02. The van der Waals surface area contributed by atoms with Gasteiger partial charge in [0.15, 0.2) is 0 Å². The Morgan fingerprint density at radius 1 is 1.23 bits per heavy atom. The molecular formula is C19H16N4O2S. The van der Waals surface area contributed by atoms with Gasteiger partial charge in [0.05, 0.1) is 29.4 Å². The van der Waals surface area contributed by atoms with Crippen molar-refractivity contribution in [2.24, 2.45) is 0 Å². The maximum absolute atomic E-state index is 12.2. The van der Waals surface area contributed by atoms with Crippen LogP contribution >= 0.6 is 11.3 Å². The average Bonchev–Trinajstić information content (AvgIpc) is 3.00. The molecule has 0 unspecified atom stereocenters. The number of carbonyl (C=O) groups is 1. The molecule has 3 aromatic heterocycles.